The van der Waals surface area contributed by atoms with Crippen LogP contribution in [0.5, 0.6) is 0 Å². The Morgan fingerprint density at radius 1 is 1.32 bits per heavy atom. The van der Waals surface area contributed by atoms with Crippen molar-refractivity contribution >= 4 is 0 Å². The van der Waals surface area contributed by atoms with Gasteiger partial charge in [-0.1, -0.05) is 12.1 Å². The number of rotatable bonds is 5. The molecule has 2 rings (SSSR count). The lowest BCUT2D eigenvalue weighted by atomic mass is 9.97. The quantitative estimate of drug-likeness (QED) is 0.907. The minimum atomic E-state index is -0.478. The first-order valence-corrected chi connectivity index (χ1v) is 8.06. The van der Waals surface area contributed by atoms with Crippen LogP contribution in [0.2, 0.25) is 0 Å². The number of ether oxygens (including phenoxy) is 1. The molecule has 0 aliphatic carbocycles. The van der Waals surface area contributed by atoms with Crippen LogP contribution in [-0.2, 0) is 4.74 Å². The summed E-state index contributed by atoms with van der Waals surface area (Å²) in [5.74, 6) is 0.215. The highest BCUT2D eigenvalue weighted by molar-refractivity contribution is 5.22. The van der Waals surface area contributed by atoms with Crippen LogP contribution in [0.3, 0.4) is 0 Å². The van der Waals surface area contributed by atoms with Crippen LogP contribution in [0.4, 0.5) is 4.39 Å². The lowest BCUT2D eigenvalue weighted by molar-refractivity contribution is -0.0565. The molecule has 1 aromatic carbocycles. The monoisotopic (exact) mass is 309 g/mol. The molecule has 0 spiro atoms. The molecule has 22 heavy (non-hydrogen) atoms. The maximum Gasteiger partial charge on any atom is 0.123 e. The van der Waals surface area contributed by atoms with Gasteiger partial charge in [-0.2, -0.15) is 0 Å². The van der Waals surface area contributed by atoms with Crippen molar-refractivity contribution in [2.75, 3.05) is 19.7 Å². The van der Waals surface area contributed by atoms with Crippen molar-refractivity contribution < 1.29 is 14.2 Å². The molecule has 0 radical (unpaired) electrons. The van der Waals surface area contributed by atoms with E-state index in [2.05, 4.69) is 11.8 Å². The zero-order chi connectivity index (χ0) is 16.3. The molecule has 3 unspecified atom stereocenters. The zero-order valence-electron chi connectivity index (χ0n) is 14.1. The Labute approximate surface area is 133 Å². The summed E-state index contributed by atoms with van der Waals surface area (Å²) in [6, 6.07) is 7.20. The van der Waals surface area contributed by atoms with Gasteiger partial charge in [0, 0.05) is 19.1 Å². The number of aliphatic hydroxyl groups excluding tert-OH is 1. The topological polar surface area (TPSA) is 32.7 Å². The second-order valence-corrected chi connectivity index (χ2v) is 7.36. The SMILES string of the molecule is CC1CC(c2ccc(F)cc2)CN1CC(O)COC(C)(C)C. The van der Waals surface area contributed by atoms with Crippen molar-refractivity contribution in [2.24, 2.45) is 0 Å². The zero-order valence-corrected chi connectivity index (χ0v) is 14.1. The Bertz CT molecular complexity index is 469. The van der Waals surface area contributed by atoms with Crippen LogP contribution >= 0.6 is 0 Å². The molecule has 1 heterocycles. The van der Waals surface area contributed by atoms with Crippen molar-refractivity contribution in [1.29, 1.82) is 0 Å². The Balaban J connectivity index is 1.87. The van der Waals surface area contributed by atoms with E-state index in [-0.39, 0.29) is 11.4 Å². The predicted molar refractivity (Wildman–Crippen MR) is 86.5 cm³/mol. The van der Waals surface area contributed by atoms with Gasteiger partial charge in [0.1, 0.15) is 5.82 Å². The van der Waals surface area contributed by atoms with E-state index in [1.54, 1.807) is 0 Å². The van der Waals surface area contributed by atoms with Gasteiger partial charge in [0.05, 0.1) is 18.3 Å². The molecular weight excluding hydrogens is 281 g/mol. The molecule has 1 saturated heterocycles. The minimum Gasteiger partial charge on any atom is -0.389 e. The molecule has 1 aliphatic heterocycles. The maximum atomic E-state index is 13.0. The largest absolute Gasteiger partial charge is 0.389 e. The number of benzene rings is 1. The molecule has 0 saturated carbocycles. The number of β-amino-alcohol motifs (C(OH)–C–C–N with tert-alkyl or cyclic N) is 1. The molecular formula is C18H28FNO2. The van der Waals surface area contributed by atoms with Crippen LogP contribution in [0, 0.1) is 5.82 Å². The molecule has 0 amide bonds. The fraction of sp³-hybridized carbons (Fsp3) is 0.667. The van der Waals surface area contributed by atoms with Gasteiger partial charge in [-0.05, 0) is 57.7 Å². The molecule has 3 atom stereocenters. The van der Waals surface area contributed by atoms with E-state index >= 15 is 0 Å². The van der Waals surface area contributed by atoms with Gasteiger partial charge in [-0.15, -0.1) is 0 Å². The lowest BCUT2D eigenvalue weighted by Gasteiger charge is -2.27. The second-order valence-electron chi connectivity index (χ2n) is 7.36. The first-order valence-electron chi connectivity index (χ1n) is 8.06. The van der Waals surface area contributed by atoms with Crippen LogP contribution in [0.15, 0.2) is 24.3 Å². The lowest BCUT2D eigenvalue weighted by Crippen LogP contribution is -2.38. The van der Waals surface area contributed by atoms with Crippen LogP contribution < -0.4 is 0 Å². The first-order chi connectivity index (χ1) is 10.2. The number of hydrogen-bond donors (Lipinski definition) is 1. The summed E-state index contributed by atoms with van der Waals surface area (Å²) in [5, 5.41) is 10.2. The van der Waals surface area contributed by atoms with Crippen molar-refractivity contribution in [1.82, 2.24) is 4.90 Å². The van der Waals surface area contributed by atoms with Crippen LogP contribution in [0.25, 0.3) is 0 Å². The summed E-state index contributed by atoms with van der Waals surface area (Å²) in [5.41, 5.74) is 0.949. The highest BCUT2D eigenvalue weighted by Gasteiger charge is 2.31. The average molecular weight is 309 g/mol. The highest BCUT2D eigenvalue weighted by atomic mass is 19.1. The third kappa shape index (κ3) is 5.04. The number of hydrogen-bond acceptors (Lipinski definition) is 3. The molecule has 1 N–H and O–H groups in total. The number of likely N-dealkylation sites (tertiary alicyclic amines) is 1. The molecule has 3 nitrogen and oxygen atoms in total. The molecule has 1 aliphatic rings. The van der Waals surface area contributed by atoms with Crippen LogP contribution in [0.1, 0.15) is 45.6 Å². The minimum absolute atomic E-state index is 0.193. The molecule has 1 fully saturated rings. The van der Waals surface area contributed by atoms with Gasteiger partial charge >= 0.3 is 0 Å². The summed E-state index contributed by atoms with van der Waals surface area (Å²) < 4.78 is 18.7. The fourth-order valence-electron chi connectivity index (χ4n) is 3.00. The van der Waals surface area contributed by atoms with E-state index in [1.807, 2.05) is 32.9 Å². The van der Waals surface area contributed by atoms with E-state index in [0.29, 0.717) is 25.1 Å². The van der Waals surface area contributed by atoms with E-state index in [0.717, 1.165) is 13.0 Å². The predicted octanol–water partition coefficient (Wildman–Crippen LogP) is 3.18. The number of halogens is 1. The van der Waals surface area contributed by atoms with Gasteiger partial charge in [0.15, 0.2) is 0 Å². The summed E-state index contributed by atoms with van der Waals surface area (Å²) >= 11 is 0. The first kappa shape index (κ1) is 17.4. The Hall–Kier alpha value is -0.970. The normalized spacial score (nSPS) is 24.6. The fourth-order valence-corrected chi connectivity index (χ4v) is 3.00. The highest BCUT2D eigenvalue weighted by Crippen LogP contribution is 2.31. The summed E-state index contributed by atoms with van der Waals surface area (Å²) in [6.07, 6.45) is 0.562. The van der Waals surface area contributed by atoms with Gasteiger partial charge in [-0.3, -0.25) is 4.90 Å². The third-order valence-corrected chi connectivity index (χ3v) is 4.20. The molecule has 0 aromatic heterocycles. The number of nitrogens with zero attached hydrogens (tertiary/aromatic N) is 1. The van der Waals surface area contributed by atoms with E-state index < -0.39 is 6.10 Å². The van der Waals surface area contributed by atoms with Gasteiger partial charge < -0.3 is 9.84 Å². The summed E-state index contributed by atoms with van der Waals surface area (Å²) in [6.45, 7) is 10.0. The Kier molecular flexibility index (Phi) is 5.59. The summed E-state index contributed by atoms with van der Waals surface area (Å²) in [4.78, 5) is 2.30. The van der Waals surface area contributed by atoms with Crippen molar-refractivity contribution in [3.8, 4) is 0 Å². The third-order valence-electron chi connectivity index (χ3n) is 4.20. The number of aliphatic hydroxyl groups is 1. The van der Waals surface area contributed by atoms with E-state index in [4.69, 9.17) is 4.74 Å². The molecule has 124 valence electrons. The van der Waals surface area contributed by atoms with Crippen LogP contribution in [-0.4, -0.2) is 47.4 Å². The Morgan fingerprint density at radius 2 is 1.95 bits per heavy atom. The standard InChI is InChI=1S/C18H28FNO2/c1-13-9-15(14-5-7-16(19)8-6-14)10-20(13)11-17(21)12-22-18(2,3)4/h5-8,13,15,17,21H,9-12H2,1-4H3. The second kappa shape index (κ2) is 7.07. The molecule has 1 aromatic rings. The maximum absolute atomic E-state index is 13.0. The van der Waals surface area contributed by atoms with E-state index in [9.17, 15) is 9.50 Å². The molecule has 0 bridgehead atoms. The summed E-state index contributed by atoms with van der Waals surface area (Å²) in [7, 11) is 0. The Morgan fingerprint density at radius 3 is 2.55 bits per heavy atom. The van der Waals surface area contributed by atoms with Gasteiger partial charge in [0.25, 0.3) is 0 Å². The van der Waals surface area contributed by atoms with Gasteiger partial charge in [0.2, 0.25) is 0 Å². The van der Waals surface area contributed by atoms with Crippen molar-refractivity contribution in [3.63, 3.8) is 0 Å². The van der Waals surface area contributed by atoms with Crippen molar-refractivity contribution in [3.05, 3.63) is 35.6 Å². The van der Waals surface area contributed by atoms with Gasteiger partial charge in [-0.25, -0.2) is 4.39 Å². The van der Waals surface area contributed by atoms with Crippen molar-refractivity contribution in [2.45, 2.75) is 57.8 Å². The van der Waals surface area contributed by atoms with E-state index in [1.165, 1.54) is 17.7 Å². The molecule has 4 heteroatoms. The smallest absolute Gasteiger partial charge is 0.123 e. The average Bonchev–Trinajstić information content (AvgIpc) is 2.78.